The standard InChI is InChI=1S/C11H9N3O/c1-15-8-5-7-3-2-4-12-9(7)11-10(8)13-6-14-11/h2-6,12H,1H3. The van der Waals surface area contributed by atoms with Gasteiger partial charge >= 0.3 is 0 Å². The average molecular weight is 199 g/mol. The van der Waals surface area contributed by atoms with Crippen molar-refractivity contribution < 1.29 is 4.74 Å². The van der Waals surface area contributed by atoms with Crippen molar-refractivity contribution in [2.45, 2.75) is 0 Å². The van der Waals surface area contributed by atoms with E-state index in [1.54, 1.807) is 13.4 Å². The van der Waals surface area contributed by atoms with Crippen LogP contribution in [-0.2, 0) is 0 Å². The molecule has 0 saturated carbocycles. The van der Waals surface area contributed by atoms with Crippen LogP contribution in [0.2, 0.25) is 0 Å². The third kappa shape index (κ3) is 1.08. The molecule has 0 radical (unpaired) electrons. The van der Waals surface area contributed by atoms with Crippen LogP contribution in [0.25, 0.3) is 21.9 Å². The number of aromatic nitrogens is 3. The quantitative estimate of drug-likeness (QED) is 0.653. The Morgan fingerprint density at radius 3 is 3.00 bits per heavy atom. The lowest BCUT2D eigenvalue weighted by Gasteiger charge is -2.03. The number of imidazole rings is 1. The summed E-state index contributed by atoms with van der Waals surface area (Å²) in [7, 11) is 1.64. The number of methoxy groups -OCH3 is 1. The van der Waals surface area contributed by atoms with Crippen LogP contribution < -0.4 is 4.74 Å². The molecule has 15 heavy (non-hydrogen) atoms. The van der Waals surface area contributed by atoms with Crippen molar-refractivity contribution in [2.75, 3.05) is 7.11 Å². The second-order valence-corrected chi connectivity index (χ2v) is 3.28. The Kier molecular flexibility index (Phi) is 1.62. The van der Waals surface area contributed by atoms with E-state index in [-0.39, 0.29) is 0 Å². The highest BCUT2D eigenvalue weighted by molar-refractivity contribution is 6.04. The van der Waals surface area contributed by atoms with Gasteiger partial charge in [-0.25, -0.2) is 9.97 Å². The van der Waals surface area contributed by atoms with Gasteiger partial charge in [-0.05, 0) is 12.1 Å². The summed E-state index contributed by atoms with van der Waals surface area (Å²) in [6.45, 7) is 0. The van der Waals surface area contributed by atoms with Crippen molar-refractivity contribution in [1.82, 2.24) is 15.0 Å². The molecule has 0 saturated heterocycles. The van der Waals surface area contributed by atoms with E-state index in [0.717, 1.165) is 27.7 Å². The lowest BCUT2D eigenvalue weighted by atomic mass is 10.2. The van der Waals surface area contributed by atoms with Crippen LogP contribution in [0.1, 0.15) is 0 Å². The first-order chi connectivity index (χ1) is 7.40. The fourth-order valence-corrected chi connectivity index (χ4v) is 1.77. The molecule has 3 rings (SSSR count). The highest BCUT2D eigenvalue weighted by Crippen LogP contribution is 2.29. The Balaban J connectivity index is 2.57. The molecule has 0 atom stereocenters. The zero-order chi connectivity index (χ0) is 10.3. The van der Waals surface area contributed by atoms with Crippen molar-refractivity contribution in [3.63, 3.8) is 0 Å². The number of nitrogens with zero attached hydrogens (tertiary/aromatic N) is 2. The molecule has 74 valence electrons. The van der Waals surface area contributed by atoms with Gasteiger partial charge in [0.1, 0.15) is 23.1 Å². The summed E-state index contributed by atoms with van der Waals surface area (Å²) < 4.78 is 5.28. The van der Waals surface area contributed by atoms with E-state index >= 15 is 0 Å². The van der Waals surface area contributed by atoms with Gasteiger partial charge in [-0.2, -0.15) is 0 Å². The second-order valence-electron chi connectivity index (χ2n) is 3.28. The molecule has 1 N–H and O–H groups in total. The zero-order valence-electron chi connectivity index (χ0n) is 8.19. The molecule has 0 fully saturated rings. The Morgan fingerprint density at radius 1 is 1.27 bits per heavy atom. The largest absolute Gasteiger partial charge is 0.494 e. The maximum Gasteiger partial charge on any atom is 0.147 e. The Labute approximate surface area is 85.9 Å². The van der Waals surface area contributed by atoms with Crippen molar-refractivity contribution in [3.8, 4) is 5.75 Å². The van der Waals surface area contributed by atoms with Gasteiger partial charge in [0.15, 0.2) is 0 Å². The topological polar surface area (TPSA) is 50.8 Å². The molecular formula is C11H9N3O. The molecule has 0 amide bonds. The number of ether oxygens (including phenoxy) is 1. The van der Waals surface area contributed by atoms with Gasteiger partial charge in [-0.1, -0.05) is 6.07 Å². The molecule has 2 aromatic heterocycles. The van der Waals surface area contributed by atoms with Crippen LogP contribution in [0.3, 0.4) is 0 Å². The van der Waals surface area contributed by atoms with E-state index in [2.05, 4.69) is 15.0 Å². The molecule has 0 spiro atoms. The van der Waals surface area contributed by atoms with Crippen molar-refractivity contribution >= 4 is 21.9 Å². The van der Waals surface area contributed by atoms with Gasteiger partial charge in [0.25, 0.3) is 0 Å². The van der Waals surface area contributed by atoms with Gasteiger partial charge in [0.05, 0.1) is 12.6 Å². The highest BCUT2D eigenvalue weighted by Gasteiger charge is 2.09. The van der Waals surface area contributed by atoms with Crippen molar-refractivity contribution in [3.05, 3.63) is 30.7 Å². The first kappa shape index (κ1) is 8.23. The fourth-order valence-electron chi connectivity index (χ4n) is 1.77. The first-order valence-electron chi connectivity index (χ1n) is 4.65. The first-order valence-corrected chi connectivity index (χ1v) is 4.65. The zero-order valence-corrected chi connectivity index (χ0v) is 8.19. The van der Waals surface area contributed by atoms with Gasteiger partial charge in [0, 0.05) is 11.6 Å². The maximum atomic E-state index is 5.28. The van der Waals surface area contributed by atoms with Crippen molar-refractivity contribution in [1.29, 1.82) is 0 Å². The molecule has 0 aliphatic heterocycles. The third-order valence-electron chi connectivity index (χ3n) is 2.46. The normalized spacial score (nSPS) is 11.0. The summed E-state index contributed by atoms with van der Waals surface area (Å²) in [4.78, 5) is 11.6. The van der Waals surface area contributed by atoms with Gasteiger partial charge in [-0.15, -0.1) is 0 Å². The predicted octanol–water partition coefficient (Wildman–Crippen LogP) is 2.12. The minimum absolute atomic E-state index is 0.759. The van der Waals surface area contributed by atoms with E-state index in [1.807, 2.05) is 24.4 Å². The van der Waals surface area contributed by atoms with Crippen LogP contribution in [0, 0.1) is 0 Å². The van der Waals surface area contributed by atoms with Crippen LogP contribution in [-0.4, -0.2) is 22.1 Å². The Bertz CT molecular complexity index is 630. The number of hydrogen-bond donors (Lipinski definition) is 1. The molecule has 0 unspecified atom stereocenters. The number of fused-ring (bicyclic) bond motifs is 3. The lowest BCUT2D eigenvalue weighted by Crippen LogP contribution is -1.87. The summed E-state index contributed by atoms with van der Waals surface area (Å²) in [6.07, 6.45) is 3.43. The van der Waals surface area contributed by atoms with Crippen molar-refractivity contribution in [2.24, 2.45) is 0 Å². The van der Waals surface area contributed by atoms with Crippen LogP contribution >= 0.6 is 0 Å². The number of benzene rings is 1. The number of rotatable bonds is 1. The number of pyridine rings is 1. The van der Waals surface area contributed by atoms with E-state index in [4.69, 9.17) is 4.74 Å². The molecule has 3 aromatic rings. The highest BCUT2D eigenvalue weighted by atomic mass is 16.5. The Hall–Kier alpha value is -2.10. The molecular weight excluding hydrogens is 190 g/mol. The van der Waals surface area contributed by atoms with Gasteiger partial charge in [-0.3, -0.25) is 0 Å². The second kappa shape index (κ2) is 2.95. The Morgan fingerprint density at radius 2 is 2.13 bits per heavy atom. The summed E-state index contributed by atoms with van der Waals surface area (Å²) in [6, 6.07) is 5.93. The maximum absolute atomic E-state index is 5.28. The summed E-state index contributed by atoms with van der Waals surface area (Å²) in [5, 5.41) is 1.07. The monoisotopic (exact) mass is 199 g/mol. The third-order valence-corrected chi connectivity index (χ3v) is 2.46. The SMILES string of the molecule is COc1cc2ccc[nH]c2c2ncnc12. The van der Waals surface area contributed by atoms with Gasteiger partial charge in [0.2, 0.25) is 0 Å². The smallest absolute Gasteiger partial charge is 0.147 e. The molecule has 0 aliphatic rings. The number of nitrogens with one attached hydrogen (secondary N) is 1. The lowest BCUT2D eigenvalue weighted by molar-refractivity contribution is 0.419. The van der Waals surface area contributed by atoms with Crippen LogP contribution in [0.5, 0.6) is 5.75 Å². The molecule has 0 aliphatic carbocycles. The summed E-state index contributed by atoms with van der Waals surface area (Å²) in [5.74, 6) is 0.759. The molecule has 4 nitrogen and oxygen atoms in total. The van der Waals surface area contributed by atoms with E-state index < -0.39 is 0 Å². The minimum atomic E-state index is 0.759. The number of H-pyrrole nitrogens is 1. The minimum Gasteiger partial charge on any atom is -0.494 e. The molecule has 1 aromatic carbocycles. The van der Waals surface area contributed by atoms with E-state index in [9.17, 15) is 0 Å². The van der Waals surface area contributed by atoms with E-state index in [1.165, 1.54) is 0 Å². The molecule has 0 bridgehead atoms. The number of aromatic amines is 1. The summed E-state index contributed by atoms with van der Waals surface area (Å²) >= 11 is 0. The fraction of sp³-hybridized carbons (Fsp3) is 0.0909. The molecule has 4 heteroatoms. The summed E-state index contributed by atoms with van der Waals surface area (Å²) in [5.41, 5.74) is 2.64. The van der Waals surface area contributed by atoms with Crippen LogP contribution in [0.15, 0.2) is 30.7 Å². The predicted molar refractivity (Wildman–Crippen MR) is 57.9 cm³/mol. The number of hydrogen-bond acceptors (Lipinski definition) is 3. The van der Waals surface area contributed by atoms with E-state index in [0.29, 0.717) is 0 Å². The van der Waals surface area contributed by atoms with Gasteiger partial charge < -0.3 is 9.72 Å². The molecule has 2 heterocycles. The van der Waals surface area contributed by atoms with Crippen LogP contribution in [0.4, 0.5) is 0 Å². The average Bonchev–Trinajstić information content (AvgIpc) is 2.77.